The molecule has 0 unspecified atom stereocenters. The molecule has 1 atom stereocenters. The second kappa shape index (κ2) is 8.14. The van der Waals surface area contributed by atoms with E-state index in [9.17, 15) is 9.59 Å². The lowest BCUT2D eigenvalue weighted by Crippen LogP contribution is -2.34. The second-order valence-electron chi connectivity index (χ2n) is 7.42. The van der Waals surface area contributed by atoms with Gasteiger partial charge < -0.3 is 9.15 Å². The number of hydrogen-bond acceptors (Lipinski definition) is 6. The topological polar surface area (TPSA) is 89.9 Å². The lowest BCUT2D eigenvalue weighted by molar-refractivity contribution is -0.134. The highest BCUT2D eigenvalue weighted by molar-refractivity contribution is 6.03. The Labute approximate surface area is 183 Å². The lowest BCUT2D eigenvalue weighted by Gasteiger charge is -2.20. The van der Waals surface area contributed by atoms with Crippen LogP contribution in [-0.4, -0.2) is 33.3 Å². The summed E-state index contributed by atoms with van der Waals surface area (Å²) in [7, 11) is 1.61. The van der Waals surface area contributed by atoms with Gasteiger partial charge in [0.25, 0.3) is 11.5 Å². The number of rotatable bonds is 5. The van der Waals surface area contributed by atoms with Crippen LogP contribution in [0.4, 0.5) is 0 Å². The number of fused-ring (bicyclic) bond motifs is 1. The number of aromatic nitrogens is 2. The smallest absolute Gasteiger partial charge is 0.269 e. The van der Waals surface area contributed by atoms with E-state index in [1.54, 1.807) is 31.6 Å². The molecular weight excluding hydrogens is 408 g/mol. The van der Waals surface area contributed by atoms with Crippen molar-refractivity contribution in [2.45, 2.75) is 19.0 Å². The van der Waals surface area contributed by atoms with Gasteiger partial charge in [0.15, 0.2) is 0 Å². The van der Waals surface area contributed by atoms with Gasteiger partial charge in [-0.15, -0.1) is 0 Å². The van der Waals surface area contributed by atoms with E-state index < -0.39 is 6.04 Å². The zero-order chi connectivity index (χ0) is 22.1. The zero-order valence-electron chi connectivity index (χ0n) is 17.3. The van der Waals surface area contributed by atoms with Gasteiger partial charge in [0.05, 0.1) is 36.3 Å². The first-order chi connectivity index (χ1) is 15.6. The molecule has 0 aliphatic carbocycles. The van der Waals surface area contributed by atoms with Gasteiger partial charge in [-0.2, -0.15) is 5.10 Å². The molecule has 2 aromatic carbocycles. The molecule has 8 heteroatoms. The summed E-state index contributed by atoms with van der Waals surface area (Å²) in [5, 5.41) is 6.04. The third-order valence-corrected chi connectivity index (χ3v) is 5.51. The predicted molar refractivity (Wildman–Crippen MR) is 118 cm³/mol. The van der Waals surface area contributed by atoms with E-state index in [-0.39, 0.29) is 18.0 Å². The monoisotopic (exact) mass is 428 g/mol. The number of carbonyl (C=O) groups is 1. The quantitative estimate of drug-likeness (QED) is 0.486. The van der Waals surface area contributed by atoms with Crippen LogP contribution in [0.5, 0.6) is 5.75 Å². The Balaban J connectivity index is 1.50. The number of benzene rings is 2. The van der Waals surface area contributed by atoms with E-state index in [0.29, 0.717) is 23.2 Å². The van der Waals surface area contributed by atoms with Gasteiger partial charge in [-0.05, 0) is 54.1 Å². The number of nitrogens with zero attached hydrogens (tertiary/aromatic N) is 4. The van der Waals surface area contributed by atoms with Gasteiger partial charge in [0.1, 0.15) is 24.1 Å². The molecule has 0 saturated heterocycles. The number of hydrogen-bond donors (Lipinski definition) is 0. The van der Waals surface area contributed by atoms with Crippen molar-refractivity contribution in [1.29, 1.82) is 0 Å². The van der Waals surface area contributed by atoms with Gasteiger partial charge in [-0.3, -0.25) is 14.2 Å². The molecule has 1 aliphatic rings. The molecule has 4 aromatic rings. The third-order valence-electron chi connectivity index (χ3n) is 5.51. The molecule has 1 amide bonds. The molecule has 32 heavy (non-hydrogen) atoms. The van der Waals surface area contributed by atoms with Gasteiger partial charge in [0.2, 0.25) is 0 Å². The van der Waals surface area contributed by atoms with Crippen molar-refractivity contribution < 1.29 is 13.9 Å². The van der Waals surface area contributed by atoms with Gasteiger partial charge in [-0.1, -0.05) is 12.1 Å². The van der Waals surface area contributed by atoms with Crippen molar-refractivity contribution in [3.63, 3.8) is 0 Å². The standard InChI is InChI=1S/C24H20N4O4/c1-31-17-10-8-16(9-11-17)19-13-21(22-7-4-12-32-22)28(26-19)24(30)15-27-20-6-3-2-5-18(20)25-14-23(27)29/h2-12,14,21H,13,15H2,1H3/t21-/m0/s1. The van der Waals surface area contributed by atoms with Crippen molar-refractivity contribution in [3.05, 3.63) is 94.8 Å². The van der Waals surface area contributed by atoms with Crippen LogP contribution in [0, 0.1) is 0 Å². The first-order valence-electron chi connectivity index (χ1n) is 10.2. The molecule has 160 valence electrons. The van der Waals surface area contributed by atoms with Crippen LogP contribution in [0.25, 0.3) is 11.0 Å². The molecule has 0 fully saturated rings. The van der Waals surface area contributed by atoms with Crippen LogP contribution in [0.15, 0.2) is 87.4 Å². The maximum absolute atomic E-state index is 13.4. The molecule has 2 aromatic heterocycles. The minimum Gasteiger partial charge on any atom is -0.497 e. The highest BCUT2D eigenvalue weighted by Crippen LogP contribution is 2.33. The Morgan fingerprint density at radius 3 is 2.69 bits per heavy atom. The fraction of sp³-hybridized carbons (Fsp3) is 0.167. The zero-order valence-corrected chi connectivity index (χ0v) is 17.3. The Bertz CT molecular complexity index is 1360. The molecule has 0 bridgehead atoms. The van der Waals surface area contributed by atoms with Crippen LogP contribution < -0.4 is 10.3 Å². The van der Waals surface area contributed by atoms with Crippen LogP contribution in [0.3, 0.4) is 0 Å². The van der Waals surface area contributed by atoms with Crippen molar-refractivity contribution in [1.82, 2.24) is 14.6 Å². The maximum atomic E-state index is 13.4. The van der Waals surface area contributed by atoms with Gasteiger partial charge in [0, 0.05) is 6.42 Å². The number of ether oxygens (including phenoxy) is 1. The average molecular weight is 428 g/mol. The number of amides is 1. The number of furan rings is 1. The van der Waals surface area contributed by atoms with E-state index in [1.807, 2.05) is 42.5 Å². The highest BCUT2D eigenvalue weighted by atomic mass is 16.5. The largest absolute Gasteiger partial charge is 0.497 e. The summed E-state index contributed by atoms with van der Waals surface area (Å²) >= 11 is 0. The van der Waals surface area contributed by atoms with E-state index in [4.69, 9.17) is 9.15 Å². The second-order valence-corrected chi connectivity index (χ2v) is 7.42. The molecule has 0 N–H and O–H groups in total. The summed E-state index contributed by atoms with van der Waals surface area (Å²) in [6.45, 7) is -0.154. The van der Waals surface area contributed by atoms with E-state index in [1.165, 1.54) is 15.8 Å². The van der Waals surface area contributed by atoms with Gasteiger partial charge >= 0.3 is 0 Å². The van der Waals surface area contributed by atoms with E-state index in [0.717, 1.165) is 17.0 Å². The van der Waals surface area contributed by atoms with Crippen LogP contribution in [0.2, 0.25) is 0 Å². The molecule has 8 nitrogen and oxygen atoms in total. The molecule has 3 heterocycles. The molecule has 0 radical (unpaired) electrons. The van der Waals surface area contributed by atoms with Crippen LogP contribution in [-0.2, 0) is 11.3 Å². The third kappa shape index (κ3) is 3.56. The summed E-state index contributed by atoms with van der Waals surface area (Å²) in [6.07, 6.45) is 3.30. The summed E-state index contributed by atoms with van der Waals surface area (Å²) in [4.78, 5) is 30.0. The Morgan fingerprint density at radius 2 is 1.94 bits per heavy atom. The fourth-order valence-corrected chi connectivity index (χ4v) is 3.89. The van der Waals surface area contributed by atoms with Crippen molar-refractivity contribution in [2.75, 3.05) is 7.11 Å². The molecule has 5 rings (SSSR count). The molecular formula is C24H20N4O4. The fourth-order valence-electron chi connectivity index (χ4n) is 3.89. The Hall–Kier alpha value is -4.20. The molecule has 1 aliphatic heterocycles. The normalized spacial score (nSPS) is 15.7. The first-order valence-corrected chi connectivity index (χ1v) is 10.2. The number of para-hydroxylation sites is 2. The van der Waals surface area contributed by atoms with E-state index in [2.05, 4.69) is 10.1 Å². The average Bonchev–Trinajstić information content (AvgIpc) is 3.51. The van der Waals surface area contributed by atoms with Crippen LogP contribution >= 0.6 is 0 Å². The van der Waals surface area contributed by atoms with E-state index >= 15 is 0 Å². The number of carbonyl (C=O) groups excluding carboxylic acids is 1. The first kappa shape index (κ1) is 19.7. The minimum absolute atomic E-state index is 0.154. The SMILES string of the molecule is COc1ccc(C2=NN(C(=O)Cn3c(=O)cnc4ccccc43)[C@H](c3ccco3)C2)cc1. The maximum Gasteiger partial charge on any atom is 0.269 e. The van der Waals surface area contributed by atoms with Crippen molar-refractivity contribution in [2.24, 2.45) is 5.10 Å². The molecule has 0 spiro atoms. The van der Waals surface area contributed by atoms with Crippen LogP contribution in [0.1, 0.15) is 23.8 Å². The Kier molecular flexibility index (Phi) is 5.03. The minimum atomic E-state index is -0.390. The Morgan fingerprint density at radius 1 is 1.12 bits per heavy atom. The van der Waals surface area contributed by atoms with Crippen molar-refractivity contribution in [3.8, 4) is 5.75 Å². The van der Waals surface area contributed by atoms with Crippen molar-refractivity contribution >= 4 is 22.7 Å². The lowest BCUT2D eigenvalue weighted by atomic mass is 10.0. The van der Waals surface area contributed by atoms with Gasteiger partial charge in [-0.25, -0.2) is 9.99 Å². The summed E-state index contributed by atoms with van der Waals surface area (Å²) < 4.78 is 12.2. The summed E-state index contributed by atoms with van der Waals surface area (Å²) in [5.41, 5.74) is 2.55. The molecule has 0 saturated carbocycles. The predicted octanol–water partition coefficient (Wildman–Crippen LogP) is 3.38. The highest BCUT2D eigenvalue weighted by Gasteiger charge is 2.35. The summed E-state index contributed by atoms with van der Waals surface area (Å²) in [6, 6.07) is 18.0. The summed E-state index contributed by atoms with van der Waals surface area (Å²) in [5.74, 6) is 1.07. The number of hydrazone groups is 1. The number of methoxy groups -OCH3 is 1.